The minimum absolute atomic E-state index is 0.0735. The van der Waals surface area contributed by atoms with Gasteiger partial charge in [-0.15, -0.1) is 0 Å². The van der Waals surface area contributed by atoms with E-state index >= 15 is 4.39 Å². The van der Waals surface area contributed by atoms with Gasteiger partial charge in [-0.1, -0.05) is 36.8 Å². The van der Waals surface area contributed by atoms with E-state index in [-0.39, 0.29) is 23.0 Å². The molecule has 4 atom stereocenters. The lowest BCUT2D eigenvalue weighted by Gasteiger charge is -2.42. The first kappa shape index (κ1) is 27.1. The fraction of sp³-hybridized carbons (Fsp3) is 0.469. The Balaban J connectivity index is 1.34. The van der Waals surface area contributed by atoms with Crippen molar-refractivity contribution in [2.45, 2.75) is 71.1 Å². The average molecular weight is 509 g/mol. The summed E-state index contributed by atoms with van der Waals surface area (Å²) in [4.78, 5) is 12.6. The highest BCUT2D eigenvalue weighted by molar-refractivity contribution is 5.91. The molecule has 0 aliphatic heterocycles. The van der Waals surface area contributed by atoms with Gasteiger partial charge in [0, 0.05) is 6.07 Å². The Kier molecular flexibility index (Phi) is 9.54. The summed E-state index contributed by atoms with van der Waals surface area (Å²) in [6.07, 6.45) is 17.4. The fourth-order valence-electron chi connectivity index (χ4n) is 6.07. The SMILES string of the molecule is C/C=C/CCC1CCC2CC(c3ccc(C(=O)Oc4ccc(OC/C=C/C)cc4F)cc3F)CCC2C1. The van der Waals surface area contributed by atoms with Gasteiger partial charge in [0.1, 0.15) is 18.2 Å². The maximum absolute atomic E-state index is 15.2. The molecular formula is C32H38F2O3. The molecule has 2 aliphatic rings. The van der Waals surface area contributed by atoms with Crippen LogP contribution in [0.5, 0.6) is 11.5 Å². The molecule has 198 valence electrons. The predicted molar refractivity (Wildman–Crippen MR) is 143 cm³/mol. The van der Waals surface area contributed by atoms with E-state index in [4.69, 9.17) is 9.47 Å². The third kappa shape index (κ3) is 7.09. The maximum Gasteiger partial charge on any atom is 0.343 e. The van der Waals surface area contributed by atoms with E-state index in [9.17, 15) is 9.18 Å². The molecule has 3 nitrogen and oxygen atoms in total. The molecule has 0 aromatic heterocycles. The molecule has 4 rings (SSSR count). The zero-order valence-electron chi connectivity index (χ0n) is 21.9. The molecule has 0 bridgehead atoms. The van der Waals surface area contributed by atoms with E-state index in [1.54, 1.807) is 18.2 Å². The number of rotatable bonds is 9. The molecule has 4 unspecified atom stereocenters. The Labute approximate surface area is 219 Å². The second-order valence-electron chi connectivity index (χ2n) is 10.5. The van der Waals surface area contributed by atoms with E-state index in [1.165, 1.54) is 56.4 Å². The van der Waals surface area contributed by atoms with Crippen molar-refractivity contribution in [3.8, 4) is 11.5 Å². The van der Waals surface area contributed by atoms with Crippen LogP contribution < -0.4 is 9.47 Å². The van der Waals surface area contributed by atoms with Crippen LogP contribution in [0, 0.1) is 29.4 Å². The Morgan fingerprint density at radius 1 is 0.919 bits per heavy atom. The van der Waals surface area contributed by atoms with Gasteiger partial charge in [-0.3, -0.25) is 0 Å². The van der Waals surface area contributed by atoms with Crippen LogP contribution in [0.25, 0.3) is 0 Å². The van der Waals surface area contributed by atoms with Gasteiger partial charge < -0.3 is 9.47 Å². The van der Waals surface area contributed by atoms with Gasteiger partial charge in [0.05, 0.1) is 5.56 Å². The number of benzene rings is 2. The highest BCUT2D eigenvalue weighted by Gasteiger charge is 2.36. The number of carbonyl (C=O) groups is 1. The van der Waals surface area contributed by atoms with E-state index in [2.05, 4.69) is 19.1 Å². The first-order valence-electron chi connectivity index (χ1n) is 13.6. The van der Waals surface area contributed by atoms with E-state index in [0.29, 0.717) is 23.8 Å². The lowest BCUT2D eigenvalue weighted by molar-refractivity contribution is 0.0727. The standard InChI is InChI=1S/C32H38F2O3/c1-3-5-7-8-22-9-10-24-19-25(12-11-23(24)18-22)28-15-13-26(20-29(28)33)32(35)37-31-16-14-27(21-30(31)34)36-17-6-4-2/h3-6,13-16,20-25H,7-12,17-19H2,1-2H3/b5-3+,6-4+. The highest BCUT2D eigenvalue weighted by Crippen LogP contribution is 2.48. The molecule has 2 saturated carbocycles. The van der Waals surface area contributed by atoms with E-state index < -0.39 is 11.8 Å². The number of halogens is 2. The fourth-order valence-corrected chi connectivity index (χ4v) is 6.07. The molecule has 37 heavy (non-hydrogen) atoms. The zero-order chi connectivity index (χ0) is 26.2. The van der Waals surface area contributed by atoms with Crippen molar-refractivity contribution in [2.75, 3.05) is 6.61 Å². The number of esters is 1. The molecule has 0 amide bonds. The molecule has 0 heterocycles. The molecule has 2 aromatic rings. The zero-order valence-corrected chi connectivity index (χ0v) is 21.9. The summed E-state index contributed by atoms with van der Waals surface area (Å²) in [5, 5.41) is 0. The normalized spacial score (nSPS) is 23.8. The Morgan fingerprint density at radius 3 is 2.46 bits per heavy atom. The number of ether oxygens (including phenoxy) is 2. The second kappa shape index (κ2) is 13.0. The van der Waals surface area contributed by atoms with E-state index in [1.807, 2.05) is 13.0 Å². The smallest absolute Gasteiger partial charge is 0.343 e. The van der Waals surface area contributed by atoms with Crippen LogP contribution in [-0.2, 0) is 0 Å². The largest absolute Gasteiger partial charge is 0.489 e. The van der Waals surface area contributed by atoms with Crippen LogP contribution in [0.1, 0.15) is 87.1 Å². The van der Waals surface area contributed by atoms with Crippen LogP contribution >= 0.6 is 0 Å². The lowest BCUT2D eigenvalue weighted by atomic mass is 9.63. The van der Waals surface area contributed by atoms with E-state index in [0.717, 1.165) is 31.1 Å². The molecule has 0 spiro atoms. The van der Waals surface area contributed by atoms with Gasteiger partial charge >= 0.3 is 5.97 Å². The number of allylic oxidation sites excluding steroid dienone is 3. The quantitative estimate of drug-likeness (QED) is 0.193. The lowest BCUT2D eigenvalue weighted by Crippen LogP contribution is -2.30. The third-order valence-electron chi connectivity index (χ3n) is 8.06. The molecule has 5 heteroatoms. The Hall–Kier alpha value is -2.95. The second-order valence-corrected chi connectivity index (χ2v) is 10.5. The predicted octanol–water partition coefficient (Wildman–Crippen LogP) is 8.80. The van der Waals surface area contributed by atoms with Crippen molar-refractivity contribution in [1.29, 1.82) is 0 Å². The number of carbonyl (C=O) groups excluding carboxylic acids is 1. The summed E-state index contributed by atoms with van der Waals surface area (Å²) in [7, 11) is 0. The van der Waals surface area contributed by atoms with Gasteiger partial charge in [0.15, 0.2) is 11.6 Å². The van der Waals surface area contributed by atoms with Crippen LogP contribution in [0.3, 0.4) is 0 Å². The van der Waals surface area contributed by atoms with Crippen LogP contribution in [0.4, 0.5) is 8.78 Å². The Bertz CT molecular complexity index is 1120. The molecule has 0 saturated heterocycles. The van der Waals surface area contributed by atoms with Crippen molar-refractivity contribution >= 4 is 5.97 Å². The monoisotopic (exact) mass is 508 g/mol. The molecule has 2 aromatic carbocycles. The maximum atomic E-state index is 15.2. The van der Waals surface area contributed by atoms with Crippen molar-refractivity contribution < 1.29 is 23.0 Å². The topological polar surface area (TPSA) is 35.5 Å². The van der Waals surface area contributed by atoms with Crippen molar-refractivity contribution in [3.05, 3.63) is 83.5 Å². The number of hydrogen-bond acceptors (Lipinski definition) is 3. The van der Waals surface area contributed by atoms with Gasteiger partial charge in [-0.25, -0.2) is 13.6 Å². The van der Waals surface area contributed by atoms with Crippen LogP contribution in [0.2, 0.25) is 0 Å². The number of hydrogen-bond donors (Lipinski definition) is 0. The first-order valence-corrected chi connectivity index (χ1v) is 13.6. The summed E-state index contributed by atoms with van der Waals surface area (Å²) in [6.45, 7) is 4.26. The minimum Gasteiger partial charge on any atom is -0.489 e. The van der Waals surface area contributed by atoms with Crippen molar-refractivity contribution in [2.24, 2.45) is 17.8 Å². The van der Waals surface area contributed by atoms with Crippen molar-refractivity contribution in [1.82, 2.24) is 0 Å². The summed E-state index contributed by atoms with van der Waals surface area (Å²) in [6, 6.07) is 8.59. The molecular weight excluding hydrogens is 470 g/mol. The van der Waals surface area contributed by atoms with Gasteiger partial charge in [0.2, 0.25) is 0 Å². The Morgan fingerprint density at radius 2 is 1.70 bits per heavy atom. The molecule has 0 N–H and O–H groups in total. The summed E-state index contributed by atoms with van der Waals surface area (Å²) in [5.41, 5.74) is 0.753. The molecule has 2 aliphatic carbocycles. The third-order valence-corrected chi connectivity index (χ3v) is 8.06. The van der Waals surface area contributed by atoms with Gasteiger partial charge in [-0.05, 0) is 112 Å². The van der Waals surface area contributed by atoms with Crippen molar-refractivity contribution in [3.63, 3.8) is 0 Å². The number of fused-ring (bicyclic) bond motifs is 1. The highest BCUT2D eigenvalue weighted by atomic mass is 19.1. The molecule has 2 fully saturated rings. The van der Waals surface area contributed by atoms with Gasteiger partial charge in [0.25, 0.3) is 0 Å². The summed E-state index contributed by atoms with van der Waals surface area (Å²) < 4.78 is 40.2. The average Bonchev–Trinajstić information content (AvgIpc) is 2.90. The van der Waals surface area contributed by atoms with Gasteiger partial charge in [-0.2, -0.15) is 0 Å². The van der Waals surface area contributed by atoms with Crippen LogP contribution in [0.15, 0.2) is 60.7 Å². The summed E-state index contributed by atoms with van der Waals surface area (Å²) in [5.74, 6) is 0.660. The minimum atomic E-state index is -0.785. The molecule has 0 radical (unpaired) electrons. The summed E-state index contributed by atoms with van der Waals surface area (Å²) >= 11 is 0. The first-order chi connectivity index (χ1) is 18.0. The van der Waals surface area contributed by atoms with Crippen LogP contribution in [-0.4, -0.2) is 12.6 Å².